The predicted octanol–water partition coefficient (Wildman–Crippen LogP) is 6.18. The van der Waals surface area contributed by atoms with E-state index in [1.54, 1.807) is 6.08 Å². The van der Waals surface area contributed by atoms with Crippen molar-refractivity contribution in [3.05, 3.63) is 41.6 Å². The first kappa shape index (κ1) is 26.2. The van der Waals surface area contributed by atoms with Crippen LogP contribution in [-0.2, 0) is 0 Å². The van der Waals surface area contributed by atoms with Crippen molar-refractivity contribution in [2.24, 2.45) is 0 Å². The first-order chi connectivity index (χ1) is 14.5. The Hall–Kier alpha value is -1.81. The Kier molecular flexibility index (Phi) is 13.9. The van der Waals surface area contributed by atoms with Gasteiger partial charge in [-0.15, -0.1) is 0 Å². The average Bonchev–Trinajstić information content (AvgIpc) is 2.75. The van der Waals surface area contributed by atoms with E-state index in [0.717, 1.165) is 43.7 Å². The molecule has 0 saturated carbocycles. The zero-order chi connectivity index (χ0) is 22.2. The van der Waals surface area contributed by atoms with Gasteiger partial charge in [-0.1, -0.05) is 40.0 Å². The molecule has 0 amide bonds. The Bertz CT molecular complexity index is 600. The summed E-state index contributed by atoms with van der Waals surface area (Å²) in [7, 11) is 3.99. The number of carbonyl (C=O) groups is 1. The number of hydrogen-bond donors (Lipinski definition) is 0. The van der Waals surface area contributed by atoms with E-state index in [-0.39, 0.29) is 5.78 Å². The fourth-order valence-corrected chi connectivity index (χ4v) is 3.31. The number of rotatable bonds is 17. The van der Waals surface area contributed by atoms with Crippen molar-refractivity contribution in [2.75, 3.05) is 40.3 Å². The van der Waals surface area contributed by atoms with Crippen LogP contribution in [0.4, 0.5) is 0 Å². The highest BCUT2D eigenvalue weighted by Crippen LogP contribution is 2.16. The Morgan fingerprint density at radius 1 is 0.867 bits per heavy atom. The van der Waals surface area contributed by atoms with Crippen molar-refractivity contribution in [3.63, 3.8) is 0 Å². The SMILES string of the molecule is CCCC/C(=C/C(=O)c1ccc(OCCCN(CCCC)CCCC)cc1)N(C)C. The highest BCUT2D eigenvalue weighted by Gasteiger charge is 2.08. The highest BCUT2D eigenvalue weighted by atomic mass is 16.5. The molecule has 30 heavy (non-hydrogen) atoms. The number of ether oxygens (including phenoxy) is 1. The second-order valence-corrected chi connectivity index (χ2v) is 8.27. The van der Waals surface area contributed by atoms with Crippen LogP contribution < -0.4 is 4.74 Å². The summed E-state index contributed by atoms with van der Waals surface area (Å²) >= 11 is 0. The second kappa shape index (κ2) is 16.0. The lowest BCUT2D eigenvalue weighted by Crippen LogP contribution is -2.28. The average molecular weight is 417 g/mol. The zero-order valence-corrected chi connectivity index (χ0v) is 20.1. The van der Waals surface area contributed by atoms with Gasteiger partial charge in [0.25, 0.3) is 0 Å². The number of unbranched alkanes of at least 4 members (excludes halogenated alkanes) is 3. The molecule has 0 fully saturated rings. The van der Waals surface area contributed by atoms with Crippen molar-refractivity contribution < 1.29 is 9.53 Å². The van der Waals surface area contributed by atoms with Crippen molar-refractivity contribution in [2.45, 2.75) is 72.1 Å². The molecule has 0 aliphatic heterocycles. The maximum Gasteiger partial charge on any atom is 0.187 e. The van der Waals surface area contributed by atoms with Crippen molar-refractivity contribution in [1.29, 1.82) is 0 Å². The third-order valence-electron chi connectivity index (χ3n) is 5.34. The van der Waals surface area contributed by atoms with Crippen molar-refractivity contribution in [1.82, 2.24) is 9.80 Å². The smallest absolute Gasteiger partial charge is 0.187 e. The number of allylic oxidation sites excluding steroid dienone is 2. The van der Waals surface area contributed by atoms with Crippen LogP contribution in [0.5, 0.6) is 5.75 Å². The monoisotopic (exact) mass is 416 g/mol. The first-order valence-electron chi connectivity index (χ1n) is 11.9. The van der Waals surface area contributed by atoms with Gasteiger partial charge in [0.1, 0.15) is 5.75 Å². The third kappa shape index (κ3) is 10.8. The molecular weight excluding hydrogens is 372 g/mol. The van der Waals surface area contributed by atoms with E-state index in [4.69, 9.17) is 4.74 Å². The van der Waals surface area contributed by atoms with Crippen molar-refractivity contribution in [3.8, 4) is 5.75 Å². The minimum atomic E-state index is 0.0591. The molecule has 4 nitrogen and oxygen atoms in total. The summed E-state index contributed by atoms with van der Waals surface area (Å²) in [5.74, 6) is 0.895. The summed E-state index contributed by atoms with van der Waals surface area (Å²) in [6, 6.07) is 7.56. The molecule has 0 aliphatic rings. The molecule has 1 rings (SSSR count). The molecule has 0 aromatic heterocycles. The highest BCUT2D eigenvalue weighted by molar-refractivity contribution is 6.04. The number of hydrogen-bond acceptors (Lipinski definition) is 4. The molecule has 0 saturated heterocycles. The molecule has 4 heteroatoms. The molecule has 1 aromatic carbocycles. The van der Waals surface area contributed by atoms with E-state index in [0.29, 0.717) is 12.2 Å². The number of nitrogens with zero attached hydrogens (tertiary/aromatic N) is 2. The lowest BCUT2D eigenvalue weighted by molar-refractivity contribution is 0.104. The normalized spacial score (nSPS) is 11.7. The Balaban J connectivity index is 2.50. The molecule has 0 bridgehead atoms. The van der Waals surface area contributed by atoms with E-state index >= 15 is 0 Å². The van der Waals surface area contributed by atoms with Gasteiger partial charge < -0.3 is 14.5 Å². The Morgan fingerprint density at radius 3 is 1.97 bits per heavy atom. The molecule has 170 valence electrons. The summed E-state index contributed by atoms with van der Waals surface area (Å²) in [4.78, 5) is 17.2. The maximum atomic E-state index is 12.6. The van der Waals surface area contributed by atoms with E-state index < -0.39 is 0 Å². The predicted molar refractivity (Wildman–Crippen MR) is 128 cm³/mol. The summed E-state index contributed by atoms with van der Waals surface area (Å²) in [5, 5.41) is 0. The van der Waals surface area contributed by atoms with Gasteiger partial charge in [0.2, 0.25) is 0 Å². The maximum absolute atomic E-state index is 12.6. The quantitative estimate of drug-likeness (QED) is 0.173. The number of ketones is 1. The molecular formula is C26H44N2O2. The topological polar surface area (TPSA) is 32.8 Å². The first-order valence-corrected chi connectivity index (χ1v) is 11.9. The van der Waals surface area contributed by atoms with Gasteiger partial charge in [0, 0.05) is 38.0 Å². The van der Waals surface area contributed by atoms with Crippen LogP contribution in [0.3, 0.4) is 0 Å². The molecule has 0 unspecified atom stereocenters. The van der Waals surface area contributed by atoms with Gasteiger partial charge in [-0.05, 0) is 69.5 Å². The molecule has 0 N–H and O–H groups in total. The molecule has 0 radical (unpaired) electrons. The fraction of sp³-hybridized carbons (Fsp3) is 0.654. The van der Waals surface area contributed by atoms with Gasteiger partial charge in [-0.3, -0.25) is 4.79 Å². The molecule has 0 aliphatic carbocycles. The zero-order valence-electron chi connectivity index (χ0n) is 20.1. The van der Waals surface area contributed by atoms with Crippen LogP contribution in [0.2, 0.25) is 0 Å². The standard InChI is InChI=1S/C26H44N2O2/c1-6-9-13-24(27(4)5)22-26(29)23-14-16-25(17-15-23)30-21-12-20-28(18-10-7-2)19-11-8-3/h14-17,22H,6-13,18-21H2,1-5H3/b24-22-. The summed E-state index contributed by atoms with van der Waals surface area (Å²) in [6.07, 6.45) is 11.0. The number of carbonyl (C=O) groups excluding carboxylic acids is 1. The Morgan fingerprint density at radius 2 is 1.43 bits per heavy atom. The summed E-state index contributed by atoms with van der Waals surface area (Å²) in [5.41, 5.74) is 1.79. The minimum Gasteiger partial charge on any atom is -0.494 e. The summed E-state index contributed by atoms with van der Waals surface area (Å²) in [6.45, 7) is 10.8. The van der Waals surface area contributed by atoms with Gasteiger partial charge in [0.15, 0.2) is 5.78 Å². The van der Waals surface area contributed by atoms with E-state index in [1.807, 2.05) is 43.3 Å². The van der Waals surface area contributed by atoms with Gasteiger partial charge >= 0.3 is 0 Å². The van der Waals surface area contributed by atoms with Crippen LogP contribution in [0.15, 0.2) is 36.0 Å². The van der Waals surface area contributed by atoms with Crippen molar-refractivity contribution >= 4 is 5.78 Å². The van der Waals surface area contributed by atoms with Gasteiger partial charge in [-0.2, -0.15) is 0 Å². The molecule has 0 spiro atoms. The summed E-state index contributed by atoms with van der Waals surface area (Å²) < 4.78 is 5.91. The van der Waals surface area contributed by atoms with Crippen LogP contribution >= 0.6 is 0 Å². The molecule has 1 aromatic rings. The number of benzene rings is 1. The third-order valence-corrected chi connectivity index (χ3v) is 5.34. The lowest BCUT2D eigenvalue weighted by atomic mass is 10.1. The van der Waals surface area contributed by atoms with Gasteiger partial charge in [-0.25, -0.2) is 0 Å². The van der Waals surface area contributed by atoms with Gasteiger partial charge in [0.05, 0.1) is 6.61 Å². The van der Waals surface area contributed by atoms with Crippen LogP contribution in [0, 0.1) is 0 Å². The lowest BCUT2D eigenvalue weighted by Gasteiger charge is -2.21. The minimum absolute atomic E-state index is 0.0591. The molecule has 0 heterocycles. The van der Waals surface area contributed by atoms with Crippen LogP contribution in [-0.4, -0.2) is 55.9 Å². The van der Waals surface area contributed by atoms with Crippen LogP contribution in [0.1, 0.15) is 82.5 Å². The second-order valence-electron chi connectivity index (χ2n) is 8.27. The van der Waals surface area contributed by atoms with Crippen LogP contribution in [0.25, 0.3) is 0 Å². The fourth-order valence-electron chi connectivity index (χ4n) is 3.31. The van der Waals surface area contributed by atoms with E-state index in [9.17, 15) is 4.79 Å². The van der Waals surface area contributed by atoms with E-state index in [1.165, 1.54) is 38.8 Å². The Labute approximate surface area is 185 Å². The molecule has 0 atom stereocenters. The van der Waals surface area contributed by atoms with E-state index in [2.05, 4.69) is 25.7 Å². The largest absolute Gasteiger partial charge is 0.494 e.